The Bertz CT molecular complexity index is 852. The van der Waals surface area contributed by atoms with E-state index in [4.69, 9.17) is 0 Å². The Morgan fingerprint density at radius 3 is 2.04 bits per heavy atom. The van der Waals surface area contributed by atoms with Crippen LogP contribution in [-0.4, -0.2) is 21.6 Å². The summed E-state index contributed by atoms with van der Waals surface area (Å²) in [5.41, 5.74) is -0.0778. The molecule has 0 bridgehead atoms. The van der Waals surface area contributed by atoms with E-state index in [1.165, 1.54) is 6.07 Å². The summed E-state index contributed by atoms with van der Waals surface area (Å²) < 4.78 is 84.2. The molecule has 2 aromatic carbocycles. The second-order valence-electron chi connectivity index (χ2n) is 5.24. The number of anilines is 1. The van der Waals surface area contributed by atoms with Gasteiger partial charge in [0.05, 0.1) is 10.6 Å². The molecule has 0 aliphatic carbocycles. The lowest BCUT2D eigenvalue weighted by molar-refractivity contribution is -0.344. The quantitative estimate of drug-likeness (QED) is 0.771. The molecule has 0 saturated heterocycles. The van der Waals surface area contributed by atoms with Crippen molar-refractivity contribution in [1.82, 2.24) is 0 Å². The molecule has 0 spiro atoms. The fourth-order valence-electron chi connectivity index (χ4n) is 2.03. The summed E-state index contributed by atoms with van der Waals surface area (Å²) in [5.74, 6) is -4.60. The van der Waals surface area contributed by atoms with E-state index in [9.17, 15) is 26.0 Å². The standard InChI is InChI=1S/C16H15F4NO3S/c1-11-5-3-4-6-14(11)21-25(22,23)13-9-7-12(8-10-13)15(17,18)16(19,20)24-2/h3-10,21H,1-2H3. The summed E-state index contributed by atoms with van der Waals surface area (Å²) in [6.45, 7) is 1.69. The highest BCUT2D eigenvalue weighted by atomic mass is 32.2. The van der Waals surface area contributed by atoms with Gasteiger partial charge in [-0.3, -0.25) is 4.72 Å². The van der Waals surface area contributed by atoms with Crippen LogP contribution < -0.4 is 4.72 Å². The van der Waals surface area contributed by atoms with Gasteiger partial charge >= 0.3 is 12.0 Å². The van der Waals surface area contributed by atoms with Crippen LogP contribution in [0.2, 0.25) is 0 Å². The minimum absolute atomic E-state index is 0.322. The highest BCUT2D eigenvalue weighted by Crippen LogP contribution is 2.43. The number of benzene rings is 2. The minimum atomic E-state index is -4.72. The largest absolute Gasteiger partial charge is 0.423 e. The Kier molecular flexibility index (Phi) is 5.10. The monoisotopic (exact) mass is 377 g/mol. The number of hydrogen-bond acceptors (Lipinski definition) is 3. The molecule has 9 heteroatoms. The van der Waals surface area contributed by atoms with Gasteiger partial charge in [-0.1, -0.05) is 30.3 Å². The van der Waals surface area contributed by atoms with Gasteiger partial charge in [-0.25, -0.2) is 8.42 Å². The van der Waals surface area contributed by atoms with Crippen molar-refractivity contribution in [2.24, 2.45) is 0 Å². The Balaban J connectivity index is 2.32. The molecule has 0 atom stereocenters. The first-order chi connectivity index (χ1) is 11.5. The van der Waals surface area contributed by atoms with Crippen molar-refractivity contribution in [3.8, 4) is 0 Å². The molecule has 0 aromatic heterocycles. The van der Waals surface area contributed by atoms with Crippen molar-refractivity contribution in [3.63, 3.8) is 0 Å². The lowest BCUT2D eigenvalue weighted by Gasteiger charge is -2.25. The smallest absolute Gasteiger partial charge is 0.319 e. The Morgan fingerprint density at radius 2 is 1.52 bits per heavy atom. The fraction of sp³-hybridized carbons (Fsp3) is 0.250. The van der Waals surface area contributed by atoms with Gasteiger partial charge in [-0.2, -0.15) is 17.6 Å². The van der Waals surface area contributed by atoms with Gasteiger partial charge in [0, 0.05) is 12.7 Å². The predicted octanol–water partition coefficient (Wildman–Crippen LogP) is 4.13. The van der Waals surface area contributed by atoms with Crippen molar-refractivity contribution in [2.45, 2.75) is 23.9 Å². The van der Waals surface area contributed by atoms with Gasteiger partial charge in [-0.15, -0.1) is 0 Å². The third-order valence-corrected chi connectivity index (χ3v) is 4.92. The molecular weight excluding hydrogens is 362 g/mol. The van der Waals surface area contributed by atoms with Crippen LogP contribution in [0.1, 0.15) is 11.1 Å². The molecule has 0 unspecified atom stereocenters. The Hall–Kier alpha value is -2.13. The second-order valence-corrected chi connectivity index (χ2v) is 6.92. The van der Waals surface area contributed by atoms with Crippen LogP contribution in [0.4, 0.5) is 23.2 Å². The van der Waals surface area contributed by atoms with Gasteiger partial charge in [0.2, 0.25) is 0 Å². The predicted molar refractivity (Wildman–Crippen MR) is 84.3 cm³/mol. The van der Waals surface area contributed by atoms with E-state index in [1.807, 2.05) is 0 Å². The van der Waals surface area contributed by atoms with E-state index >= 15 is 0 Å². The first-order valence-corrected chi connectivity index (χ1v) is 8.49. The zero-order valence-corrected chi connectivity index (χ0v) is 14.1. The lowest BCUT2D eigenvalue weighted by atomic mass is 10.1. The van der Waals surface area contributed by atoms with Crippen LogP contribution in [0.5, 0.6) is 0 Å². The van der Waals surface area contributed by atoms with Crippen LogP contribution in [0, 0.1) is 6.92 Å². The Morgan fingerprint density at radius 1 is 0.960 bits per heavy atom. The number of ether oxygens (including phenoxy) is 1. The van der Waals surface area contributed by atoms with Crippen molar-refractivity contribution in [2.75, 3.05) is 11.8 Å². The van der Waals surface area contributed by atoms with E-state index in [0.29, 0.717) is 30.5 Å². The molecule has 25 heavy (non-hydrogen) atoms. The number of alkyl halides is 4. The normalized spacial score (nSPS) is 12.9. The first-order valence-electron chi connectivity index (χ1n) is 7.01. The van der Waals surface area contributed by atoms with E-state index in [-0.39, 0.29) is 4.90 Å². The first kappa shape index (κ1) is 19.2. The number of methoxy groups -OCH3 is 1. The van der Waals surface area contributed by atoms with E-state index in [0.717, 1.165) is 12.1 Å². The van der Waals surface area contributed by atoms with Crippen LogP contribution in [0.15, 0.2) is 53.4 Å². The zero-order valence-electron chi connectivity index (χ0n) is 13.3. The lowest BCUT2D eigenvalue weighted by Crippen LogP contribution is -2.39. The van der Waals surface area contributed by atoms with Gasteiger partial charge in [-0.05, 0) is 30.7 Å². The van der Waals surface area contributed by atoms with Gasteiger partial charge in [0.25, 0.3) is 10.0 Å². The second kappa shape index (κ2) is 6.64. The number of halogens is 4. The zero-order chi connectivity index (χ0) is 18.9. The molecule has 0 amide bonds. The molecule has 136 valence electrons. The maximum Gasteiger partial charge on any atom is 0.423 e. The molecule has 2 aromatic rings. The number of aryl methyl sites for hydroxylation is 1. The van der Waals surface area contributed by atoms with Crippen molar-refractivity contribution >= 4 is 15.7 Å². The number of sulfonamides is 1. The van der Waals surface area contributed by atoms with Crippen LogP contribution in [-0.2, 0) is 20.7 Å². The number of rotatable bonds is 6. The fourth-order valence-corrected chi connectivity index (χ4v) is 3.16. The van der Waals surface area contributed by atoms with Crippen molar-refractivity contribution in [1.29, 1.82) is 0 Å². The molecule has 1 N–H and O–H groups in total. The summed E-state index contributed by atoms with van der Waals surface area (Å²) in [4.78, 5) is -0.337. The molecule has 0 aliphatic heterocycles. The summed E-state index contributed by atoms with van der Waals surface area (Å²) in [7, 11) is -3.60. The summed E-state index contributed by atoms with van der Waals surface area (Å²) in [5, 5.41) is 0. The highest BCUT2D eigenvalue weighted by molar-refractivity contribution is 7.92. The number of nitrogens with one attached hydrogen (secondary N) is 1. The summed E-state index contributed by atoms with van der Waals surface area (Å²) in [6, 6.07) is 9.48. The average Bonchev–Trinajstić information content (AvgIpc) is 2.56. The van der Waals surface area contributed by atoms with Gasteiger partial charge in [0.15, 0.2) is 0 Å². The third-order valence-electron chi connectivity index (χ3n) is 3.54. The molecular formula is C16H15F4NO3S. The molecule has 0 aliphatic rings. The molecule has 0 fully saturated rings. The minimum Gasteiger partial charge on any atom is -0.319 e. The Labute approximate surface area is 142 Å². The number of para-hydroxylation sites is 1. The maximum absolute atomic E-state index is 13.7. The summed E-state index contributed by atoms with van der Waals surface area (Å²) >= 11 is 0. The van der Waals surface area contributed by atoms with Crippen LogP contribution in [0.3, 0.4) is 0 Å². The molecule has 2 rings (SSSR count). The van der Waals surface area contributed by atoms with E-state index < -0.39 is 27.6 Å². The van der Waals surface area contributed by atoms with Gasteiger partial charge in [0.1, 0.15) is 0 Å². The molecule has 0 radical (unpaired) electrons. The summed E-state index contributed by atoms with van der Waals surface area (Å²) in [6.07, 6.45) is -4.72. The SMILES string of the molecule is COC(F)(F)C(F)(F)c1ccc(S(=O)(=O)Nc2ccccc2C)cc1. The van der Waals surface area contributed by atoms with Gasteiger partial charge < -0.3 is 4.74 Å². The maximum atomic E-state index is 13.7. The third kappa shape index (κ3) is 3.77. The van der Waals surface area contributed by atoms with E-state index in [1.54, 1.807) is 25.1 Å². The molecule has 4 nitrogen and oxygen atoms in total. The molecule has 0 saturated carbocycles. The number of hydrogen-bond donors (Lipinski definition) is 1. The highest BCUT2D eigenvalue weighted by Gasteiger charge is 2.58. The van der Waals surface area contributed by atoms with Crippen molar-refractivity contribution in [3.05, 3.63) is 59.7 Å². The van der Waals surface area contributed by atoms with Crippen molar-refractivity contribution < 1.29 is 30.7 Å². The molecule has 0 heterocycles. The topological polar surface area (TPSA) is 55.4 Å². The van der Waals surface area contributed by atoms with Crippen LogP contribution >= 0.6 is 0 Å². The van der Waals surface area contributed by atoms with Crippen LogP contribution in [0.25, 0.3) is 0 Å². The average molecular weight is 377 g/mol. The van der Waals surface area contributed by atoms with E-state index in [2.05, 4.69) is 9.46 Å².